The molecule has 1 heterocycles. The number of nitrogens with one attached hydrogen (secondary N) is 1. The summed E-state index contributed by atoms with van der Waals surface area (Å²) in [7, 11) is -2.16. The van der Waals surface area contributed by atoms with Crippen molar-refractivity contribution in [2.24, 2.45) is 0 Å². The Morgan fingerprint density at radius 3 is 2.41 bits per heavy atom. The minimum Gasteiger partial charge on any atom is -0.497 e. The first-order valence-electron chi connectivity index (χ1n) is 6.35. The fourth-order valence-electron chi connectivity index (χ4n) is 2.02. The van der Waals surface area contributed by atoms with Crippen molar-refractivity contribution in [2.45, 2.75) is 4.90 Å². The lowest BCUT2D eigenvalue weighted by atomic mass is 10.3. The van der Waals surface area contributed by atoms with Crippen LogP contribution in [0.5, 0.6) is 5.75 Å². The molecule has 0 radical (unpaired) electrons. The molecule has 3 aromatic rings. The van der Waals surface area contributed by atoms with Crippen molar-refractivity contribution >= 4 is 48.0 Å². The van der Waals surface area contributed by atoms with Crippen LogP contribution >= 0.6 is 22.9 Å². The van der Waals surface area contributed by atoms with E-state index in [4.69, 9.17) is 16.3 Å². The molecule has 2 aromatic carbocycles. The zero-order chi connectivity index (χ0) is 15.7. The second-order valence-electron chi connectivity index (χ2n) is 4.52. The van der Waals surface area contributed by atoms with Gasteiger partial charge in [0.05, 0.1) is 17.0 Å². The summed E-state index contributed by atoms with van der Waals surface area (Å²) in [5.74, 6) is 0.596. The molecular formula is C15H12ClNO3S2. The molecule has 7 heteroatoms. The van der Waals surface area contributed by atoms with Gasteiger partial charge in [-0.1, -0.05) is 29.8 Å². The lowest BCUT2D eigenvalue weighted by molar-refractivity contribution is 0.414. The smallest absolute Gasteiger partial charge is 0.262 e. The summed E-state index contributed by atoms with van der Waals surface area (Å²) in [6, 6.07) is 13.7. The van der Waals surface area contributed by atoms with Gasteiger partial charge >= 0.3 is 0 Å². The first-order chi connectivity index (χ1) is 10.5. The number of methoxy groups -OCH3 is 1. The van der Waals surface area contributed by atoms with Crippen LogP contribution in [0.25, 0.3) is 10.1 Å². The van der Waals surface area contributed by atoms with E-state index in [9.17, 15) is 8.42 Å². The number of benzene rings is 2. The summed E-state index contributed by atoms with van der Waals surface area (Å²) < 4.78 is 33.4. The van der Waals surface area contributed by atoms with Crippen LogP contribution in [0.2, 0.25) is 5.02 Å². The third-order valence-corrected chi connectivity index (χ3v) is 6.22. The van der Waals surface area contributed by atoms with Gasteiger partial charge in [-0.3, -0.25) is 4.72 Å². The van der Waals surface area contributed by atoms with Gasteiger partial charge in [0.2, 0.25) is 0 Å². The minimum atomic E-state index is -3.69. The number of ether oxygens (including phenoxy) is 1. The van der Waals surface area contributed by atoms with Crippen molar-refractivity contribution in [3.63, 3.8) is 0 Å². The highest BCUT2D eigenvalue weighted by molar-refractivity contribution is 7.93. The number of sulfonamides is 1. The number of fused-ring (bicyclic) bond motifs is 1. The van der Waals surface area contributed by atoms with Gasteiger partial charge in [0.15, 0.2) is 0 Å². The van der Waals surface area contributed by atoms with Crippen LogP contribution < -0.4 is 9.46 Å². The van der Waals surface area contributed by atoms with E-state index in [-0.39, 0.29) is 4.90 Å². The molecule has 4 nitrogen and oxygen atoms in total. The van der Waals surface area contributed by atoms with Crippen LogP contribution in [-0.4, -0.2) is 15.5 Å². The van der Waals surface area contributed by atoms with Crippen molar-refractivity contribution < 1.29 is 13.2 Å². The summed E-state index contributed by atoms with van der Waals surface area (Å²) in [6.07, 6.45) is 0. The summed E-state index contributed by atoms with van der Waals surface area (Å²) in [4.78, 5) is 0.154. The number of hydrogen-bond donors (Lipinski definition) is 1. The number of rotatable bonds is 4. The topological polar surface area (TPSA) is 55.4 Å². The Labute approximate surface area is 137 Å². The van der Waals surface area contributed by atoms with Crippen LogP contribution in [0, 0.1) is 0 Å². The Hall–Kier alpha value is -1.76. The average molecular weight is 354 g/mol. The maximum absolute atomic E-state index is 12.4. The van der Waals surface area contributed by atoms with E-state index in [1.165, 1.54) is 30.6 Å². The quantitative estimate of drug-likeness (QED) is 0.758. The second kappa shape index (κ2) is 5.79. The highest BCUT2D eigenvalue weighted by Gasteiger charge is 2.18. The predicted molar refractivity (Wildman–Crippen MR) is 90.6 cm³/mol. The minimum absolute atomic E-state index is 0.154. The monoisotopic (exact) mass is 353 g/mol. The van der Waals surface area contributed by atoms with Crippen molar-refractivity contribution in [1.82, 2.24) is 0 Å². The molecule has 0 aliphatic heterocycles. The molecule has 0 aliphatic carbocycles. The van der Waals surface area contributed by atoms with E-state index in [1.54, 1.807) is 12.1 Å². The van der Waals surface area contributed by atoms with Gasteiger partial charge < -0.3 is 4.74 Å². The largest absolute Gasteiger partial charge is 0.497 e. The molecule has 0 amide bonds. The average Bonchev–Trinajstić information content (AvgIpc) is 2.83. The third kappa shape index (κ3) is 2.77. The van der Waals surface area contributed by atoms with Crippen LogP contribution in [0.3, 0.4) is 0 Å². The molecule has 1 N–H and O–H groups in total. The van der Waals surface area contributed by atoms with Gasteiger partial charge in [-0.25, -0.2) is 8.42 Å². The summed E-state index contributed by atoms with van der Waals surface area (Å²) in [5.41, 5.74) is 0. The molecule has 22 heavy (non-hydrogen) atoms. The van der Waals surface area contributed by atoms with Gasteiger partial charge in [-0.2, -0.15) is 0 Å². The fourth-order valence-corrected chi connectivity index (χ4v) is 4.76. The number of halogens is 1. The van der Waals surface area contributed by atoms with Crippen LogP contribution in [0.4, 0.5) is 5.00 Å². The van der Waals surface area contributed by atoms with Crippen molar-refractivity contribution in [3.8, 4) is 5.75 Å². The standard InChI is InChI=1S/C15H12ClNO3S2/c1-20-10-6-8-11(9-7-10)22(18,19)17-15-14(16)12-4-2-3-5-13(12)21-15/h2-9,17H,1H3. The number of hydrogen-bond acceptors (Lipinski definition) is 4. The molecule has 0 atom stereocenters. The highest BCUT2D eigenvalue weighted by atomic mass is 35.5. The zero-order valence-electron chi connectivity index (χ0n) is 11.5. The van der Waals surface area contributed by atoms with Gasteiger partial charge in [0.1, 0.15) is 10.8 Å². The van der Waals surface area contributed by atoms with E-state index in [1.807, 2.05) is 24.3 Å². The first-order valence-corrected chi connectivity index (χ1v) is 9.03. The zero-order valence-corrected chi connectivity index (χ0v) is 13.9. The summed E-state index contributed by atoms with van der Waals surface area (Å²) in [5, 5.41) is 1.66. The van der Waals surface area contributed by atoms with Crippen molar-refractivity contribution in [1.29, 1.82) is 0 Å². The normalized spacial score (nSPS) is 11.5. The number of thiophene rings is 1. The molecule has 0 fully saturated rings. The Balaban J connectivity index is 1.97. The van der Waals surface area contributed by atoms with Crippen molar-refractivity contribution in [2.75, 3.05) is 11.8 Å². The maximum atomic E-state index is 12.4. The molecule has 3 rings (SSSR count). The molecule has 0 unspecified atom stereocenters. The molecule has 114 valence electrons. The molecule has 0 bridgehead atoms. The molecule has 0 aliphatic rings. The molecule has 1 aromatic heterocycles. The SMILES string of the molecule is COc1ccc(S(=O)(=O)Nc2sc3ccccc3c2Cl)cc1. The fraction of sp³-hybridized carbons (Fsp3) is 0.0667. The molecule has 0 saturated carbocycles. The van der Waals surface area contributed by atoms with E-state index < -0.39 is 10.0 Å². The predicted octanol–water partition coefficient (Wildman–Crippen LogP) is 4.36. The molecule has 0 saturated heterocycles. The van der Waals surface area contributed by atoms with E-state index in [0.717, 1.165) is 10.1 Å². The number of anilines is 1. The second-order valence-corrected chi connectivity index (χ2v) is 7.63. The van der Waals surface area contributed by atoms with Gasteiger partial charge in [0.25, 0.3) is 10.0 Å². The van der Waals surface area contributed by atoms with Crippen LogP contribution in [-0.2, 0) is 10.0 Å². The van der Waals surface area contributed by atoms with Crippen LogP contribution in [0.15, 0.2) is 53.4 Å². The Kier molecular flexibility index (Phi) is 3.99. The molecular weight excluding hydrogens is 342 g/mol. The maximum Gasteiger partial charge on any atom is 0.262 e. The van der Waals surface area contributed by atoms with E-state index >= 15 is 0 Å². The summed E-state index contributed by atoms with van der Waals surface area (Å²) in [6.45, 7) is 0. The Morgan fingerprint density at radius 1 is 1.09 bits per heavy atom. The van der Waals surface area contributed by atoms with Gasteiger partial charge in [-0.05, 0) is 30.3 Å². The Bertz CT molecular complexity index is 918. The van der Waals surface area contributed by atoms with Gasteiger partial charge in [-0.15, -0.1) is 11.3 Å². The van der Waals surface area contributed by atoms with Crippen molar-refractivity contribution in [3.05, 3.63) is 53.6 Å². The highest BCUT2D eigenvalue weighted by Crippen LogP contribution is 2.40. The van der Waals surface area contributed by atoms with E-state index in [2.05, 4.69) is 4.72 Å². The van der Waals surface area contributed by atoms with E-state index in [0.29, 0.717) is 15.8 Å². The molecule has 0 spiro atoms. The Morgan fingerprint density at radius 2 is 1.77 bits per heavy atom. The van der Waals surface area contributed by atoms with Crippen LogP contribution in [0.1, 0.15) is 0 Å². The summed E-state index contributed by atoms with van der Waals surface area (Å²) >= 11 is 7.57. The van der Waals surface area contributed by atoms with Gasteiger partial charge in [0, 0.05) is 10.1 Å². The first kappa shape index (κ1) is 15.1. The lowest BCUT2D eigenvalue weighted by Gasteiger charge is -2.07. The lowest BCUT2D eigenvalue weighted by Crippen LogP contribution is -2.12. The third-order valence-electron chi connectivity index (χ3n) is 3.13.